The van der Waals surface area contributed by atoms with Gasteiger partial charge in [-0.15, -0.1) is 5.10 Å². The Morgan fingerprint density at radius 3 is 2.20 bits per heavy atom. The summed E-state index contributed by atoms with van der Waals surface area (Å²) in [5.41, 5.74) is 0.292. The highest BCUT2D eigenvalue weighted by Gasteiger charge is 2.37. The van der Waals surface area contributed by atoms with Crippen molar-refractivity contribution < 1.29 is 31.1 Å². The van der Waals surface area contributed by atoms with Gasteiger partial charge in [-0.05, 0) is 24.3 Å². The molecule has 0 unspecified atom stereocenters. The van der Waals surface area contributed by atoms with Gasteiger partial charge in [0.15, 0.2) is 5.82 Å². The maximum atomic E-state index is 13.0. The van der Waals surface area contributed by atoms with Crippen molar-refractivity contribution in [3.63, 3.8) is 0 Å². The van der Waals surface area contributed by atoms with E-state index in [1.807, 2.05) is 5.01 Å². The highest BCUT2D eigenvalue weighted by Crippen LogP contribution is 2.38. The minimum absolute atomic E-state index is 0.0572. The number of hydrogen-bond acceptors (Lipinski definition) is 5. The average Bonchev–Trinajstić information content (AvgIpc) is 3.15. The van der Waals surface area contributed by atoms with E-state index in [1.165, 1.54) is 12.5 Å². The fourth-order valence-corrected chi connectivity index (χ4v) is 2.64. The van der Waals surface area contributed by atoms with E-state index in [9.17, 15) is 26.3 Å². The molecule has 3 rings (SSSR count). The highest BCUT2D eigenvalue weighted by molar-refractivity contribution is 5.58. The van der Waals surface area contributed by atoms with Gasteiger partial charge < -0.3 is 10.2 Å². The predicted octanol–water partition coefficient (Wildman–Crippen LogP) is 3.80. The minimum Gasteiger partial charge on any atom is -0.379 e. The summed E-state index contributed by atoms with van der Waals surface area (Å²) >= 11 is 0. The maximum Gasteiger partial charge on any atom is 0.416 e. The standard InChI is InChI=1S/C18H17F6N5O/c1-12(26-28-4-6-30-7-5-28)2-3-29-11-25-16(27-29)13-8-14(17(19,20)21)10-15(9-13)18(22,23)24/h2-3,8-11,26H,1,4-7H2/b3-2-. The molecule has 2 heterocycles. The molecular weight excluding hydrogens is 416 g/mol. The van der Waals surface area contributed by atoms with Crippen molar-refractivity contribution >= 4 is 6.20 Å². The van der Waals surface area contributed by atoms with Crippen molar-refractivity contribution in [2.45, 2.75) is 12.4 Å². The predicted molar refractivity (Wildman–Crippen MR) is 95.5 cm³/mol. The normalized spacial score (nSPS) is 16.2. The molecule has 0 bridgehead atoms. The monoisotopic (exact) mass is 433 g/mol. The Bertz CT molecular complexity index is 896. The number of aromatic nitrogens is 3. The first-order valence-corrected chi connectivity index (χ1v) is 8.70. The van der Waals surface area contributed by atoms with E-state index in [4.69, 9.17) is 4.74 Å². The molecule has 1 aliphatic heterocycles. The molecule has 0 saturated carbocycles. The molecule has 162 valence electrons. The molecule has 6 nitrogen and oxygen atoms in total. The van der Waals surface area contributed by atoms with Crippen LogP contribution in [0.5, 0.6) is 0 Å². The van der Waals surface area contributed by atoms with Crippen LogP contribution in [0.25, 0.3) is 17.6 Å². The molecule has 0 spiro atoms. The van der Waals surface area contributed by atoms with E-state index in [0.717, 1.165) is 4.68 Å². The van der Waals surface area contributed by atoms with Crippen LogP contribution in [0.4, 0.5) is 26.3 Å². The van der Waals surface area contributed by atoms with Gasteiger partial charge in [-0.1, -0.05) is 6.58 Å². The molecule has 12 heteroatoms. The summed E-state index contributed by atoms with van der Waals surface area (Å²) in [5, 5.41) is 5.82. The lowest BCUT2D eigenvalue weighted by Crippen LogP contribution is -2.44. The molecule has 1 saturated heterocycles. The smallest absolute Gasteiger partial charge is 0.379 e. The van der Waals surface area contributed by atoms with Crippen LogP contribution < -0.4 is 5.43 Å². The quantitative estimate of drug-likeness (QED) is 0.574. The summed E-state index contributed by atoms with van der Waals surface area (Å²) in [4.78, 5) is 3.82. The number of rotatable bonds is 5. The number of benzene rings is 1. The zero-order valence-corrected chi connectivity index (χ0v) is 15.5. The van der Waals surface area contributed by atoms with Crippen molar-refractivity contribution in [1.82, 2.24) is 25.2 Å². The van der Waals surface area contributed by atoms with E-state index in [0.29, 0.717) is 44.1 Å². The molecular formula is C18H17F6N5O. The fourth-order valence-electron chi connectivity index (χ4n) is 2.64. The van der Waals surface area contributed by atoms with Crippen molar-refractivity contribution in [3.8, 4) is 11.4 Å². The van der Waals surface area contributed by atoms with Gasteiger partial charge in [-0.2, -0.15) is 26.3 Å². The first kappa shape index (κ1) is 21.8. The van der Waals surface area contributed by atoms with E-state index >= 15 is 0 Å². The molecule has 2 aromatic rings. The number of halogens is 6. The largest absolute Gasteiger partial charge is 0.416 e. The highest BCUT2D eigenvalue weighted by atomic mass is 19.4. The first-order chi connectivity index (χ1) is 14.0. The number of hydrazine groups is 1. The molecule has 1 fully saturated rings. The zero-order valence-electron chi connectivity index (χ0n) is 15.5. The Hall–Kier alpha value is -2.86. The first-order valence-electron chi connectivity index (χ1n) is 8.70. The van der Waals surface area contributed by atoms with Gasteiger partial charge in [0.1, 0.15) is 6.33 Å². The van der Waals surface area contributed by atoms with Crippen molar-refractivity contribution in [1.29, 1.82) is 0 Å². The second kappa shape index (κ2) is 8.48. The third kappa shape index (κ3) is 5.60. The average molecular weight is 433 g/mol. The minimum atomic E-state index is -4.94. The summed E-state index contributed by atoms with van der Waals surface area (Å²) in [6, 6.07) is 1.22. The van der Waals surface area contributed by atoms with Gasteiger partial charge in [0.05, 0.1) is 24.3 Å². The van der Waals surface area contributed by atoms with Crippen LogP contribution in [0, 0.1) is 0 Å². The Morgan fingerprint density at radius 2 is 1.63 bits per heavy atom. The number of nitrogens with zero attached hydrogens (tertiary/aromatic N) is 4. The SMILES string of the molecule is C=C(/C=C\n1cnc(-c2cc(C(F)(F)F)cc(C(F)(F)F)c2)n1)NN1CCOCC1. The van der Waals surface area contributed by atoms with Crippen LogP contribution in [-0.4, -0.2) is 46.1 Å². The van der Waals surface area contributed by atoms with E-state index in [-0.39, 0.29) is 11.9 Å². The Balaban J connectivity index is 1.78. The van der Waals surface area contributed by atoms with Crippen molar-refractivity contribution in [2.24, 2.45) is 0 Å². The molecule has 0 radical (unpaired) electrons. The summed E-state index contributed by atoms with van der Waals surface area (Å²) in [5.74, 6) is -0.275. The van der Waals surface area contributed by atoms with Crippen LogP contribution >= 0.6 is 0 Å². The van der Waals surface area contributed by atoms with E-state index in [2.05, 4.69) is 22.1 Å². The van der Waals surface area contributed by atoms with Crippen LogP contribution in [0.1, 0.15) is 11.1 Å². The lowest BCUT2D eigenvalue weighted by Gasteiger charge is -2.27. The second-order valence-electron chi connectivity index (χ2n) is 6.39. The number of nitrogens with one attached hydrogen (secondary N) is 1. The maximum absolute atomic E-state index is 13.0. The number of ether oxygens (including phenoxy) is 1. The third-order valence-electron chi connectivity index (χ3n) is 4.10. The summed E-state index contributed by atoms with van der Waals surface area (Å²) in [7, 11) is 0. The van der Waals surface area contributed by atoms with Gasteiger partial charge in [-0.3, -0.25) is 0 Å². The Morgan fingerprint density at radius 1 is 1.03 bits per heavy atom. The van der Waals surface area contributed by atoms with Crippen LogP contribution in [0.3, 0.4) is 0 Å². The molecule has 0 atom stereocenters. The van der Waals surface area contributed by atoms with Crippen molar-refractivity contribution in [2.75, 3.05) is 26.3 Å². The van der Waals surface area contributed by atoms with Gasteiger partial charge >= 0.3 is 12.4 Å². The molecule has 1 aliphatic rings. The van der Waals surface area contributed by atoms with Crippen LogP contribution in [0.15, 0.2) is 42.9 Å². The molecule has 30 heavy (non-hydrogen) atoms. The van der Waals surface area contributed by atoms with E-state index < -0.39 is 29.0 Å². The Kier molecular flexibility index (Phi) is 6.17. The summed E-state index contributed by atoms with van der Waals surface area (Å²) in [6.45, 7) is 6.30. The van der Waals surface area contributed by atoms with Crippen LogP contribution in [0.2, 0.25) is 0 Å². The summed E-state index contributed by atoms with van der Waals surface area (Å²) < 4.78 is 84.4. The number of morpholine rings is 1. The summed E-state index contributed by atoms with van der Waals surface area (Å²) in [6.07, 6.45) is -5.75. The number of allylic oxidation sites excluding steroid dienone is 1. The van der Waals surface area contributed by atoms with Gasteiger partial charge in [0, 0.05) is 30.5 Å². The molecule has 1 aromatic carbocycles. The lowest BCUT2D eigenvalue weighted by atomic mass is 10.0. The molecule has 0 aliphatic carbocycles. The number of alkyl halides is 6. The molecule has 1 N–H and O–H groups in total. The van der Waals surface area contributed by atoms with Gasteiger partial charge in [-0.25, -0.2) is 14.7 Å². The third-order valence-corrected chi connectivity index (χ3v) is 4.10. The second-order valence-corrected chi connectivity index (χ2v) is 6.39. The van der Waals surface area contributed by atoms with Gasteiger partial charge in [0.25, 0.3) is 0 Å². The molecule has 0 amide bonds. The lowest BCUT2D eigenvalue weighted by molar-refractivity contribution is -0.143. The van der Waals surface area contributed by atoms with E-state index in [1.54, 1.807) is 6.08 Å². The van der Waals surface area contributed by atoms with Crippen molar-refractivity contribution in [3.05, 3.63) is 54.0 Å². The topological polar surface area (TPSA) is 55.2 Å². The van der Waals surface area contributed by atoms with Crippen LogP contribution in [-0.2, 0) is 17.1 Å². The van der Waals surface area contributed by atoms with Gasteiger partial charge in [0.2, 0.25) is 0 Å². The Labute approximate surface area is 167 Å². The molecule has 1 aromatic heterocycles. The fraction of sp³-hybridized carbons (Fsp3) is 0.333. The number of hydrogen-bond donors (Lipinski definition) is 1. The zero-order chi connectivity index (χ0) is 21.9.